The molecule has 0 saturated heterocycles. The molecule has 0 aliphatic heterocycles. The van der Waals surface area contributed by atoms with Gasteiger partial charge in [-0.15, -0.1) is 0 Å². The van der Waals surface area contributed by atoms with Gasteiger partial charge in [-0.05, 0) is 56.7 Å². The predicted octanol–water partition coefficient (Wildman–Crippen LogP) is 2.60. The van der Waals surface area contributed by atoms with Crippen molar-refractivity contribution in [3.63, 3.8) is 0 Å². The van der Waals surface area contributed by atoms with E-state index in [1.54, 1.807) is 6.92 Å². The minimum absolute atomic E-state index is 0.128. The van der Waals surface area contributed by atoms with Crippen LogP contribution >= 0.6 is 0 Å². The van der Waals surface area contributed by atoms with E-state index in [1.807, 2.05) is 0 Å². The summed E-state index contributed by atoms with van der Waals surface area (Å²) in [7, 11) is 0. The third kappa shape index (κ3) is 4.99. The fourth-order valence-electron chi connectivity index (χ4n) is 2.02. The molecule has 1 aromatic carbocycles. The number of carbonyl (C=O) groups excluding carboxylic acids is 1. The summed E-state index contributed by atoms with van der Waals surface area (Å²) >= 11 is 0. The van der Waals surface area contributed by atoms with Crippen molar-refractivity contribution in [1.29, 1.82) is 0 Å². The van der Waals surface area contributed by atoms with Gasteiger partial charge in [-0.3, -0.25) is 4.79 Å². The fourth-order valence-corrected chi connectivity index (χ4v) is 2.02. The molecule has 1 N–H and O–H groups in total. The first-order valence-electron chi connectivity index (χ1n) is 6.85. The first-order chi connectivity index (χ1) is 9.08. The molecule has 0 aliphatic carbocycles. The molecule has 4 heteroatoms. The fraction of sp³-hybridized carbons (Fsp3) is 0.533. The molecule has 0 aromatic heterocycles. The van der Waals surface area contributed by atoms with Gasteiger partial charge in [0.05, 0.1) is 0 Å². The maximum Gasteiger partial charge on any atom is 0.251 e. The third-order valence-corrected chi connectivity index (χ3v) is 3.26. The van der Waals surface area contributed by atoms with E-state index in [2.05, 4.69) is 24.1 Å². The van der Waals surface area contributed by atoms with Gasteiger partial charge in [0.2, 0.25) is 0 Å². The summed E-state index contributed by atoms with van der Waals surface area (Å²) in [5.74, 6) is -0.437. The molecule has 0 spiro atoms. The first-order valence-corrected chi connectivity index (χ1v) is 6.85. The van der Waals surface area contributed by atoms with Crippen molar-refractivity contribution in [2.24, 2.45) is 0 Å². The van der Waals surface area contributed by atoms with Crippen LogP contribution in [-0.4, -0.2) is 37.0 Å². The third-order valence-electron chi connectivity index (χ3n) is 3.26. The van der Waals surface area contributed by atoms with Crippen molar-refractivity contribution in [3.8, 4) is 0 Å². The minimum atomic E-state index is -0.310. The van der Waals surface area contributed by atoms with Gasteiger partial charge in [-0.1, -0.05) is 13.8 Å². The van der Waals surface area contributed by atoms with Gasteiger partial charge in [0.1, 0.15) is 5.82 Å². The Kier molecular flexibility index (Phi) is 6.50. The number of amides is 1. The second-order valence-corrected chi connectivity index (χ2v) is 4.60. The van der Waals surface area contributed by atoms with Crippen LogP contribution in [0.15, 0.2) is 18.2 Å². The van der Waals surface area contributed by atoms with E-state index >= 15 is 0 Å². The lowest BCUT2D eigenvalue weighted by Gasteiger charge is -2.17. The number of rotatable bonds is 7. The molecule has 3 nitrogen and oxygen atoms in total. The molecule has 0 aliphatic rings. The molecule has 0 heterocycles. The van der Waals surface area contributed by atoms with Crippen LogP contribution in [0.1, 0.15) is 36.2 Å². The quantitative estimate of drug-likeness (QED) is 0.769. The standard InChI is InChI=1S/C15H23FN2O/c1-4-18(5-2)10-6-9-17-15(19)14-8-7-13(16)11-12(14)3/h7-8,11H,4-6,9-10H2,1-3H3,(H,17,19). The molecule has 0 unspecified atom stereocenters. The summed E-state index contributed by atoms with van der Waals surface area (Å²) in [5.41, 5.74) is 1.21. The Morgan fingerprint density at radius 2 is 2.00 bits per heavy atom. The average Bonchev–Trinajstić information content (AvgIpc) is 2.38. The van der Waals surface area contributed by atoms with Gasteiger partial charge in [-0.25, -0.2) is 4.39 Å². The topological polar surface area (TPSA) is 32.3 Å². The van der Waals surface area contributed by atoms with Gasteiger partial charge in [0, 0.05) is 12.1 Å². The molecule has 1 rings (SSSR count). The molecule has 1 amide bonds. The van der Waals surface area contributed by atoms with Crippen LogP contribution in [0.4, 0.5) is 4.39 Å². The second kappa shape index (κ2) is 7.89. The van der Waals surface area contributed by atoms with Gasteiger partial charge in [0.15, 0.2) is 0 Å². The van der Waals surface area contributed by atoms with Crippen LogP contribution in [0.3, 0.4) is 0 Å². The summed E-state index contributed by atoms with van der Waals surface area (Å²) < 4.78 is 12.9. The largest absolute Gasteiger partial charge is 0.352 e. The first kappa shape index (κ1) is 15.6. The second-order valence-electron chi connectivity index (χ2n) is 4.60. The summed E-state index contributed by atoms with van der Waals surface area (Å²) in [4.78, 5) is 14.2. The maximum atomic E-state index is 12.9. The zero-order valence-corrected chi connectivity index (χ0v) is 12.0. The summed E-state index contributed by atoms with van der Waals surface area (Å²) in [6, 6.07) is 4.23. The molecule has 0 saturated carbocycles. The molecule has 1 aromatic rings. The van der Waals surface area contributed by atoms with Crippen LogP contribution in [0, 0.1) is 12.7 Å². The smallest absolute Gasteiger partial charge is 0.251 e. The number of halogens is 1. The summed E-state index contributed by atoms with van der Waals surface area (Å²) in [6.45, 7) is 9.69. The van der Waals surface area contributed by atoms with Crippen molar-refractivity contribution in [3.05, 3.63) is 35.1 Å². The molecule has 0 fully saturated rings. The highest BCUT2D eigenvalue weighted by Gasteiger charge is 2.09. The van der Waals surface area contributed by atoms with E-state index in [1.165, 1.54) is 18.2 Å². The highest BCUT2D eigenvalue weighted by Crippen LogP contribution is 2.09. The van der Waals surface area contributed by atoms with E-state index in [9.17, 15) is 9.18 Å². The molecule has 0 bridgehead atoms. The van der Waals surface area contributed by atoms with E-state index in [4.69, 9.17) is 0 Å². The number of nitrogens with zero attached hydrogens (tertiary/aromatic N) is 1. The van der Waals surface area contributed by atoms with Gasteiger partial charge < -0.3 is 10.2 Å². The summed E-state index contributed by atoms with van der Waals surface area (Å²) in [5, 5.41) is 2.87. The van der Waals surface area contributed by atoms with E-state index in [0.717, 1.165) is 26.1 Å². The van der Waals surface area contributed by atoms with Crippen molar-refractivity contribution < 1.29 is 9.18 Å². The molecule has 106 valence electrons. The van der Waals surface area contributed by atoms with Crippen LogP contribution < -0.4 is 5.32 Å². The van der Waals surface area contributed by atoms with Gasteiger partial charge in [-0.2, -0.15) is 0 Å². The number of hydrogen-bond acceptors (Lipinski definition) is 2. The normalized spacial score (nSPS) is 10.8. The Morgan fingerprint density at radius 1 is 1.32 bits per heavy atom. The van der Waals surface area contributed by atoms with E-state index < -0.39 is 0 Å². The van der Waals surface area contributed by atoms with Crippen LogP contribution in [0.25, 0.3) is 0 Å². The van der Waals surface area contributed by atoms with Crippen molar-refractivity contribution in [1.82, 2.24) is 10.2 Å². The number of hydrogen-bond donors (Lipinski definition) is 1. The number of nitrogens with one attached hydrogen (secondary N) is 1. The van der Waals surface area contributed by atoms with Crippen LogP contribution in [-0.2, 0) is 0 Å². The lowest BCUT2D eigenvalue weighted by Crippen LogP contribution is -2.30. The predicted molar refractivity (Wildman–Crippen MR) is 75.9 cm³/mol. The SMILES string of the molecule is CCN(CC)CCCNC(=O)c1ccc(F)cc1C. The minimum Gasteiger partial charge on any atom is -0.352 e. The molecule has 0 atom stereocenters. The highest BCUT2D eigenvalue weighted by atomic mass is 19.1. The molecule has 0 radical (unpaired) electrons. The lowest BCUT2D eigenvalue weighted by atomic mass is 10.1. The Morgan fingerprint density at radius 3 is 2.58 bits per heavy atom. The van der Waals surface area contributed by atoms with E-state index in [0.29, 0.717) is 17.7 Å². The lowest BCUT2D eigenvalue weighted by molar-refractivity contribution is 0.0951. The monoisotopic (exact) mass is 266 g/mol. The highest BCUT2D eigenvalue weighted by molar-refractivity contribution is 5.95. The Hall–Kier alpha value is -1.42. The van der Waals surface area contributed by atoms with Crippen molar-refractivity contribution >= 4 is 5.91 Å². The van der Waals surface area contributed by atoms with Crippen molar-refractivity contribution in [2.75, 3.05) is 26.2 Å². The van der Waals surface area contributed by atoms with Crippen LogP contribution in [0.5, 0.6) is 0 Å². The molecule has 19 heavy (non-hydrogen) atoms. The van der Waals surface area contributed by atoms with Crippen LogP contribution in [0.2, 0.25) is 0 Å². The number of benzene rings is 1. The van der Waals surface area contributed by atoms with Gasteiger partial charge >= 0.3 is 0 Å². The number of carbonyl (C=O) groups is 1. The van der Waals surface area contributed by atoms with E-state index in [-0.39, 0.29) is 11.7 Å². The molecular formula is C15H23FN2O. The Labute approximate surface area is 114 Å². The van der Waals surface area contributed by atoms with Crippen molar-refractivity contribution in [2.45, 2.75) is 27.2 Å². The molecular weight excluding hydrogens is 243 g/mol. The number of aryl methyl sites for hydroxylation is 1. The zero-order chi connectivity index (χ0) is 14.3. The average molecular weight is 266 g/mol. The van der Waals surface area contributed by atoms with Gasteiger partial charge in [0.25, 0.3) is 5.91 Å². The zero-order valence-electron chi connectivity index (χ0n) is 12.0. The maximum absolute atomic E-state index is 12.9. The Balaban J connectivity index is 2.39. The summed E-state index contributed by atoms with van der Waals surface area (Å²) in [6.07, 6.45) is 0.924. The Bertz CT molecular complexity index is 417.